The lowest BCUT2D eigenvalue weighted by Crippen LogP contribution is -2.23. The summed E-state index contributed by atoms with van der Waals surface area (Å²) in [6.45, 7) is 0.716. The summed E-state index contributed by atoms with van der Waals surface area (Å²) in [4.78, 5) is 22.2. The Hall–Kier alpha value is -2.75. The highest BCUT2D eigenvalue weighted by Crippen LogP contribution is 2.08. The maximum absolute atomic E-state index is 11.7. The van der Waals surface area contributed by atoms with Gasteiger partial charge in [0.05, 0.1) is 26.1 Å². The van der Waals surface area contributed by atoms with Gasteiger partial charge in [-0.2, -0.15) is 4.98 Å². The molecule has 0 aliphatic rings. The number of aliphatic hydroxyl groups is 1. The van der Waals surface area contributed by atoms with Crippen LogP contribution in [0, 0.1) is 0 Å². The molecule has 1 unspecified atom stereocenters. The van der Waals surface area contributed by atoms with Crippen molar-refractivity contribution in [2.24, 2.45) is 0 Å². The van der Waals surface area contributed by atoms with Crippen LogP contribution in [0.15, 0.2) is 41.5 Å². The molecule has 3 rings (SSSR count). The number of nitrogen functional groups attached to an aromatic ring is 1. The highest BCUT2D eigenvalue weighted by Gasteiger charge is 2.11. The van der Waals surface area contributed by atoms with E-state index >= 15 is 0 Å². The molecule has 0 spiro atoms. The minimum Gasteiger partial charge on any atom is -0.391 e. The minimum atomic E-state index is -0.739. The number of aromatic nitrogens is 4. The molecular formula is C16H19N5O4. The number of hydrogen-bond donors (Lipinski definition) is 3. The molecule has 0 saturated heterocycles. The van der Waals surface area contributed by atoms with Crippen molar-refractivity contribution in [1.29, 1.82) is 0 Å². The number of H-pyrrole nitrogens is 1. The second-order valence-electron chi connectivity index (χ2n) is 5.34. The topological polar surface area (TPSA) is 128 Å². The number of hydrogen-bond acceptors (Lipinski definition) is 7. The zero-order chi connectivity index (χ0) is 17.6. The average molecular weight is 345 g/mol. The molecule has 0 aliphatic heterocycles. The Bertz CT molecular complexity index is 877. The summed E-state index contributed by atoms with van der Waals surface area (Å²) < 4.78 is 12.7. The van der Waals surface area contributed by atoms with Gasteiger partial charge in [0.1, 0.15) is 0 Å². The monoisotopic (exact) mass is 345 g/mol. The zero-order valence-electron chi connectivity index (χ0n) is 13.5. The van der Waals surface area contributed by atoms with E-state index in [9.17, 15) is 9.90 Å². The van der Waals surface area contributed by atoms with Crippen molar-refractivity contribution in [2.45, 2.75) is 19.4 Å². The number of nitrogens with one attached hydrogen (secondary N) is 1. The van der Waals surface area contributed by atoms with E-state index in [4.69, 9.17) is 15.2 Å². The summed E-state index contributed by atoms with van der Waals surface area (Å²) in [6.07, 6.45) is 0.755. The number of imidazole rings is 1. The largest absolute Gasteiger partial charge is 0.391 e. The van der Waals surface area contributed by atoms with E-state index in [1.165, 1.54) is 6.33 Å². The summed E-state index contributed by atoms with van der Waals surface area (Å²) in [5.74, 6) is 0.0274. The Morgan fingerprint density at radius 3 is 2.84 bits per heavy atom. The quantitative estimate of drug-likeness (QED) is 0.499. The van der Waals surface area contributed by atoms with Gasteiger partial charge in [-0.15, -0.1) is 0 Å². The van der Waals surface area contributed by atoms with Gasteiger partial charge < -0.3 is 24.9 Å². The van der Waals surface area contributed by atoms with Gasteiger partial charge in [0.25, 0.3) is 5.56 Å². The van der Waals surface area contributed by atoms with Crippen LogP contribution in [0.3, 0.4) is 0 Å². The second-order valence-corrected chi connectivity index (χ2v) is 5.34. The second kappa shape index (κ2) is 7.88. The van der Waals surface area contributed by atoms with Gasteiger partial charge in [-0.1, -0.05) is 30.3 Å². The van der Waals surface area contributed by atoms with Crippen molar-refractivity contribution >= 4 is 17.1 Å². The van der Waals surface area contributed by atoms with Gasteiger partial charge in [-0.3, -0.25) is 9.78 Å². The Morgan fingerprint density at radius 2 is 2.08 bits per heavy atom. The van der Waals surface area contributed by atoms with E-state index in [-0.39, 0.29) is 30.2 Å². The molecule has 0 bridgehead atoms. The highest BCUT2D eigenvalue weighted by atomic mass is 16.7. The van der Waals surface area contributed by atoms with Crippen LogP contribution in [-0.2, 0) is 22.6 Å². The van der Waals surface area contributed by atoms with Crippen molar-refractivity contribution in [3.8, 4) is 0 Å². The lowest BCUT2D eigenvalue weighted by Gasteiger charge is -2.16. The molecule has 132 valence electrons. The van der Waals surface area contributed by atoms with Gasteiger partial charge in [0.15, 0.2) is 17.5 Å². The predicted octanol–water partition coefficient (Wildman–Crippen LogP) is 0.254. The summed E-state index contributed by atoms with van der Waals surface area (Å²) >= 11 is 0. The van der Waals surface area contributed by atoms with Gasteiger partial charge >= 0.3 is 0 Å². The molecule has 0 aliphatic carbocycles. The summed E-state index contributed by atoms with van der Waals surface area (Å²) in [5.41, 5.74) is 6.76. The maximum Gasteiger partial charge on any atom is 0.280 e. The first-order chi connectivity index (χ1) is 12.2. The third kappa shape index (κ3) is 4.21. The van der Waals surface area contributed by atoms with Crippen molar-refractivity contribution in [2.75, 3.05) is 18.9 Å². The Kier molecular flexibility index (Phi) is 5.39. The van der Waals surface area contributed by atoms with E-state index in [1.54, 1.807) is 4.57 Å². The van der Waals surface area contributed by atoms with E-state index in [0.717, 1.165) is 5.56 Å². The van der Waals surface area contributed by atoms with E-state index < -0.39 is 6.29 Å². The first kappa shape index (κ1) is 17.1. The third-order valence-electron chi connectivity index (χ3n) is 3.56. The number of benzene rings is 1. The van der Waals surface area contributed by atoms with E-state index in [2.05, 4.69) is 15.0 Å². The van der Waals surface area contributed by atoms with Crippen LogP contribution in [-0.4, -0.2) is 44.1 Å². The van der Waals surface area contributed by atoms with Crippen molar-refractivity contribution in [3.63, 3.8) is 0 Å². The van der Waals surface area contributed by atoms with Crippen LogP contribution >= 0.6 is 0 Å². The average Bonchev–Trinajstić information content (AvgIpc) is 3.02. The number of anilines is 1. The number of nitrogens with zero attached hydrogens (tertiary/aromatic N) is 3. The van der Waals surface area contributed by atoms with Crippen molar-refractivity contribution in [3.05, 3.63) is 52.6 Å². The molecular weight excluding hydrogens is 326 g/mol. The van der Waals surface area contributed by atoms with Crippen molar-refractivity contribution < 1.29 is 14.6 Å². The molecule has 9 heteroatoms. The van der Waals surface area contributed by atoms with Gasteiger partial charge in [0, 0.05) is 6.54 Å². The molecule has 2 aromatic heterocycles. The molecule has 0 amide bonds. The minimum absolute atomic E-state index is 0.0274. The molecule has 2 heterocycles. The molecule has 25 heavy (non-hydrogen) atoms. The number of nitrogens with two attached hydrogens (primary N) is 1. The number of ether oxygens (including phenoxy) is 2. The maximum atomic E-state index is 11.7. The van der Waals surface area contributed by atoms with Gasteiger partial charge in [-0.25, -0.2) is 4.98 Å². The first-order valence-corrected chi connectivity index (χ1v) is 7.76. The van der Waals surface area contributed by atoms with Gasteiger partial charge in [-0.05, 0) is 5.56 Å². The fraction of sp³-hybridized carbons (Fsp3) is 0.312. The normalized spacial score (nSPS) is 12.5. The number of aromatic amines is 1. The fourth-order valence-corrected chi connectivity index (χ4v) is 2.33. The zero-order valence-corrected chi connectivity index (χ0v) is 13.5. The molecule has 0 fully saturated rings. The number of rotatable bonds is 8. The molecule has 0 saturated carbocycles. The highest BCUT2D eigenvalue weighted by molar-refractivity contribution is 5.70. The Labute approximate surface area is 143 Å². The van der Waals surface area contributed by atoms with Gasteiger partial charge in [0.2, 0.25) is 5.95 Å². The van der Waals surface area contributed by atoms with Crippen LogP contribution in [0.1, 0.15) is 5.56 Å². The van der Waals surface area contributed by atoms with Crippen LogP contribution < -0.4 is 11.3 Å². The Morgan fingerprint density at radius 1 is 1.28 bits per heavy atom. The van der Waals surface area contributed by atoms with Crippen LogP contribution in [0.5, 0.6) is 0 Å². The predicted molar refractivity (Wildman–Crippen MR) is 90.6 cm³/mol. The summed E-state index contributed by atoms with van der Waals surface area (Å²) in [6, 6.07) is 9.61. The molecule has 1 atom stereocenters. The van der Waals surface area contributed by atoms with E-state index in [1.807, 2.05) is 30.3 Å². The lowest BCUT2D eigenvalue weighted by molar-refractivity contribution is -0.170. The SMILES string of the molecule is Nc1nc2c(ncn2CCOC(CO)OCc2ccccc2)c(=O)[nH]1. The molecule has 9 nitrogen and oxygen atoms in total. The van der Waals surface area contributed by atoms with Crippen molar-refractivity contribution in [1.82, 2.24) is 19.5 Å². The summed E-state index contributed by atoms with van der Waals surface area (Å²) in [5, 5.41) is 9.36. The van der Waals surface area contributed by atoms with Crippen LogP contribution in [0.2, 0.25) is 0 Å². The number of fused-ring (bicyclic) bond motifs is 1. The summed E-state index contributed by atoms with van der Waals surface area (Å²) in [7, 11) is 0. The molecule has 1 aromatic carbocycles. The third-order valence-corrected chi connectivity index (χ3v) is 3.56. The smallest absolute Gasteiger partial charge is 0.280 e. The standard InChI is InChI=1S/C16H19N5O4/c17-16-19-14-13(15(23)20-16)18-10-21(14)6-7-24-12(8-22)25-9-11-4-2-1-3-5-11/h1-5,10,12,22H,6-9H2,(H3,17,19,20,23). The van der Waals surface area contributed by atoms with Crippen LogP contribution in [0.4, 0.5) is 5.95 Å². The number of aliphatic hydroxyl groups excluding tert-OH is 1. The van der Waals surface area contributed by atoms with E-state index in [0.29, 0.717) is 18.8 Å². The van der Waals surface area contributed by atoms with Crippen LogP contribution in [0.25, 0.3) is 11.2 Å². The first-order valence-electron chi connectivity index (χ1n) is 7.76. The molecule has 3 aromatic rings. The molecule has 4 N–H and O–H groups in total. The molecule has 0 radical (unpaired) electrons. The Balaban J connectivity index is 1.55. The fourth-order valence-electron chi connectivity index (χ4n) is 2.33. The lowest BCUT2D eigenvalue weighted by atomic mass is 10.2.